The van der Waals surface area contributed by atoms with Gasteiger partial charge in [0.1, 0.15) is 5.75 Å². The fourth-order valence-corrected chi connectivity index (χ4v) is 2.16. The second kappa shape index (κ2) is 4.64. The number of benzene rings is 1. The molecule has 2 rings (SSSR count). The molecule has 1 aromatic carbocycles. The molecular formula is C12H18N2O. The van der Waals surface area contributed by atoms with Gasteiger partial charge >= 0.3 is 0 Å². The minimum atomic E-state index is 0.286. The van der Waals surface area contributed by atoms with Gasteiger partial charge in [0.15, 0.2) is 0 Å². The summed E-state index contributed by atoms with van der Waals surface area (Å²) in [6, 6.07) is 7.83. The average Bonchev–Trinajstić information content (AvgIpc) is 2.30. The predicted molar refractivity (Wildman–Crippen MR) is 60.6 cm³/mol. The van der Waals surface area contributed by atoms with Crippen LogP contribution in [0.2, 0.25) is 0 Å². The van der Waals surface area contributed by atoms with E-state index in [1.165, 1.54) is 0 Å². The van der Waals surface area contributed by atoms with Gasteiger partial charge in [-0.25, -0.2) is 0 Å². The third kappa shape index (κ3) is 2.30. The quantitative estimate of drug-likeness (QED) is 0.685. The van der Waals surface area contributed by atoms with Crippen molar-refractivity contribution in [2.45, 2.75) is 18.9 Å². The van der Waals surface area contributed by atoms with E-state index >= 15 is 0 Å². The van der Waals surface area contributed by atoms with E-state index in [-0.39, 0.29) is 6.04 Å². The molecular weight excluding hydrogens is 188 g/mol. The zero-order chi connectivity index (χ0) is 10.7. The molecule has 1 aliphatic rings. The van der Waals surface area contributed by atoms with Crippen molar-refractivity contribution in [1.29, 1.82) is 0 Å². The molecule has 0 amide bonds. The molecule has 4 N–H and O–H groups in total. The van der Waals surface area contributed by atoms with E-state index in [0.29, 0.717) is 11.7 Å². The lowest BCUT2D eigenvalue weighted by Crippen LogP contribution is -2.36. The Kier molecular flexibility index (Phi) is 3.23. The first-order chi connectivity index (χ1) is 7.31. The summed E-state index contributed by atoms with van der Waals surface area (Å²) in [6.07, 6.45) is 2.20. The SMILES string of the molecule is NCC1CCC(c2ccccc2O)NC1. The Morgan fingerprint density at radius 2 is 2.13 bits per heavy atom. The van der Waals surface area contributed by atoms with E-state index in [2.05, 4.69) is 5.32 Å². The maximum absolute atomic E-state index is 9.72. The van der Waals surface area contributed by atoms with Crippen LogP contribution in [0, 0.1) is 5.92 Å². The van der Waals surface area contributed by atoms with Gasteiger partial charge in [-0.05, 0) is 37.9 Å². The van der Waals surface area contributed by atoms with Crippen LogP contribution in [0.25, 0.3) is 0 Å². The third-order valence-electron chi connectivity index (χ3n) is 3.16. The number of hydrogen-bond acceptors (Lipinski definition) is 3. The first kappa shape index (κ1) is 10.5. The lowest BCUT2D eigenvalue weighted by molar-refractivity contribution is 0.314. The van der Waals surface area contributed by atoms with Gasteiger partial charge < -0.3 is 16.2 Å². The van der Waals surface area contributed by atoms with Gasteiger partial charge in [-0.3, -0.25) is 0 Å². The second-order valence-corrected chi connectivity index (χ2v) is 4.20. The summed E-state index contributed by atoms with van der Waals surface area (Å²) < 4.78 is 0. The first-order valence-corrected chi connectivity index (χ1v) is 5.52. The van der Waals surface area contributed by atoms with Gasteiger partial charge in [0.05, 0.1) is 0 Å². The summed E-state index contributed by atoms with van der Waals surface area (Å²) in [6.45, 7) is 1.70. The van der Waals surface area contributed by atoms with Crippen LogP contribution in [0.4, 0.5) is 0 Å². The molecule has 2 unspecified atom stereocenters. The molecule has 1 heterocycles. The largest absolute Gasteiger partial charge is 0.508 e. The molecule has 3 nitrogen and oxygen atoms in total. The van der Waals surface area contributed by atoms with Gasteiger partial charge in [-0.15, -0.1) is 0 Å². The Balaban J connectivity index is 2.04. The molecule has 0 saturated carbocycles. The van der Waals surface area contributed by atoms with Crippen molar-refractivity contribution < 1.29 is 5.11 Å². The number of phenols is 1. The molecule has 3 heteroatoms. The Morgan fingerprint density at radius 3 is 2.73 bits per heavy atom. The summed E-state index contributed by atoms with van der Waals surface area (Å²) in [5.74, 6) is 0.980. The van der Waals surface area contributed by atoms with Crippen LogP contribution in [0.15, 0.2) is 24.3 Å². The molecule has 1 aliphatic heterocycles. The third-order valence-corrected chi connectivity index (χ3v) is 3.16. The maximum atomic E-state index is 9.72. The number of aromatic hydroxyl groups is 1. The van der Waals surface area contributed by atoms with Gasteiger partial charge in [0.25, 0.3) is 0 Å². The lowest BCUT2D eigenvalue weighted by atomic mass is 9.91. The van der Waals surface area contributed by atoms with Crippen LogP contribution in [-0.4, -0.2) is 18.2 Å². The number of nitrogens with two attached hydrogens (primary N) is 1. The minimum Gasteiger partial charge on any atom is -0.508 e. The zero-order valence-electron chi connectivity index (χ0n) is 8.82. The van der Waals surface area contributed by atoms with Crippen molar-refractivity contribution in [2.75, 3.05) is 13.1 Å². The fraction of sp³-hybridized carbons (Fsp3) is 0.500. The van der Waals surface area contributed by atoms with Gasteiger partial charge in [-0.2, -0.15) is 0 Å². The van der Waals surface area contributed by atoms with Crippen LogP contribution in [0.1, 0.15) is 24.4 Å². The molecule has 1 aromatic rings. The number of phenolic OH excluding ortho intramolecular Hbond substituents is 1. The molecule has 15 heavy (non-hydrogen) atoms. The molecule has 0 bridgehead atoms. The minimum absolute atomic E-state index is 0.286. The standard InChI is InChI=1S/C12H18N2O/c13-7-9-5-6-11(14-8-9)10-3-1-2-4-12(10)15/h1-4,9,11,14-15H,5-8,13H2. The van der Waals surface area contributed by atoms with Crippen molar-refractivity contribution in [3.8, 4) is 5.75 Å². The first-order valence-electron chi connectivity index (χ1n) is 5.52. The number of para-hydroxylation sites is 1. The highest BCUT2D eigenvalue weighted by Gasteiger charge is 2.22. The topological polar surface area (TPSA) is 58.3 Å². The maximum Gasteiger partial charge on any atom is 0.120 e. The normalized spacial score (nSPS) is 26.5. The lowest BCUT2D eigenvalue weighted by Gasteiger charge is -2.29. The average molecular weight is 206 g/mol. The Labute approximate surface area is 90.3 Å². The van der Waals surface area contributed by atoms with E-state index < -0.39 is 0 Å². The summed E-state index contributed by atoms with van der Waals surface area (Å²) in [5.41, 5.74) is 6.64. The van der Waals surface area contributed by atoms with Gasteiger partial charge in [0.2, 0.25) is 0 Å². The molecule has 1 saturated heterocycles. The van der Waals surface area contributed by atoms with Gasteiger partial charge in [0, 0.05) is 11.6 Å². The van der Waals surface area contributed by atoms with E-state index in [1.807, 2.05) is 18.2 Å². The zero-order valence-corrected chi connectivity index (χ0v) is 8.82. The van der Waals surface area contributed by atoms with Crippen LogP contribution >= 0.6 is 0 Å². The van der Waals surface area contributed by atoms with Crippen LogP contribution < -0.4 is 11.1 Å². The highest BCUT2D eigenvalue weighted by atomic mass is 16.3. The predicted octanol–water partition coefficient (Wildman–Crippen LogP) is 1.39. The molecule has 82 valence electrons. The van der Waals surface area contributed by atoms with Crippen LogP contribution in [-0.2, 0) is 0 Å². The van der Waals surface area contributed by atoms with Crippen molar-refractivity contribution in [3.63, 3.8) is 0 Å². The number of rotatable bonds is 2. The second-order valence-electron chi connectivity index (χ2n) is 4.20. The molecule has 0 spiro atoms. The molecule has 1 fully saturated rings. The summed E-state index contributed by atoms with van der Waals surface area (Å²) in [5, 5.41) is 13.2. The van der Waals surface area contributed by atoms with Crippen molar-refractivity contribution in [1.82, 2.24) is 5.32 Å². The number of nitrogens with one attached hydrogen (secondary N) is 1. The summed E-state index contributed by atoms with van der Waals surface area (Å²) >= 11 is 0. The number of hydrogen-bond donors (Lipinski definition) is 3. The van der Waals surface area contributed by atoms with E-state index in [4.69, 9.17) is 5.73 Å². The smallest absolute Gasteiger partial charge is 0.120 e. The number of piperidine rings is 1. The van der Waals surface area contributed by atoms with E-state index in [1.54, 1.807) is 6.07 Å². The monoisotopic (exact) mass is 206 g/mol. The van der Waals surface area contributed by atoms with Gasteiger partial charge in [-0.1, -0.05) is 18.2 Å². The van der Waals surface area contributed by atoms with Crippen molar-refractivity contribution >= 4 is 0 Å². The fourth-order valence-electron chi connectivity index (χ4n) is 2.16. The molecule has 0 aromatic heterocycles. The highest BCUT2D eigenvalue weighted by Crippen LogP contribution is 2.30. The van der Waals surface area contributed by atoms with E-state index in [9.17, 15) is 5.11 Å². The van der Waals surface area contributed by atoms with E-state index in [0.717, 1.165) is 31.5 Å². The Morgan fingerprint density at radius 1 is 1.33 bits per heavy atom. The molecule has 0 radical (unpaired) electrons. The molecule has 0 aliphatic carbocycles. The van der Waals surface area contributed by atoms with Crippen LogP contribution in [0.3, 0.4) is 0 Å². The highest BCUT2D eigenvalue weighted by molar-refractivity contribution is 5.34. The Hall–Kier alpha value is -1.06. The van der Waals surface area contributed by atoms with Crippen LogP contribution in [0.5, 0.6) is 5.75 Å². The molecule has 2 atom stereocenters. The van der Waals surface area contributed by atoms with Crippen molar-refractivity contribution in [3.05, 3.63) is 29.8 Å². The Bertz CT molecular complexity index is 319. The van der Waals surface area contributed by atoms with Crippen molar-refractivity contribution in [2.24, 2.45) is 11.7 Å². The summed E-state index contributed by atoms with van der Waals surface area (Å²) in [7, 11) is 0. The summed E-state index contributed by atoms with van der Waals surface area (Å²) in [4.78, 5) is 0.